The van der Waals surface area contributed by atoms with E-state index in [-0.39, 0.29) is 17.9 Å². The molecule has 2 rings (SSSR count). The van der Waals surface area contributed by atoms with E-state index in [1.807, 2.05) is 0 Å². The van der Waals surface area contributed by atoms with Crippen LogP contribution in [0.4, 0.5) is 4.39 Å². The molecule has 116 valence electrons. The van der Waals surface area contributed by atoms with Gasteiger partial charge in [0.25, 0.3) is 5.91 Å². The second kappa shape index (κ2) is 7.38. The molecule has 1 aromatic carbocycles. The van der Waals surface area contributed by atoms with Crippen LogP contribution in [0, 0.1) is 11.7 Å². The van der Waals surface area contributed by atoms with Crippen LogP contribution in [0.1, 0.15) is 23.2 Å². The van der Waals surface area contributed by atoms with Gasteiger partial charge in [0.15, 0.2) is 0 Å². The highest BCUT2D eigenvalue weighted by Crippen LogP contribution is 2.16. The third-order valence-electron chi connectivity index (χ3n) is 3.77. The summed E-state index contributed by atoms with van der Waals surface area (Å²) in [6, 6.07) is 3.39. The molecule has 0 aromatic heterocycles. The van der Waals surface area contributed by atoms with E-state index < -0.39 is 11.7 Å². The lowest BCUT2D eigenvalue weighted by Crippen LogP contribution is -2.41. The normalized spacial score (nSPS) is 19.4. The van der Waals surface area contributed by atoms with Crippen LogP contribution in [0.3, 0.4) is 0 Å². The number of amides is 1. The van der Waals surface area contributed by atoms with Crippen LogP contribution in [0.5, 0.6) is 5.75 Å². The molecule has 1 heterocycles. The molecule has 0 spiro atoms. The van der Waals surface area contributed by atoms with Crippen molar-refractivity contribution in [3.05, 3.63) is 29.6 Å². The Balaban J connectivity index is 1.80. The van der Waals surface area contributed by atoms with E-state index in [2.05, 4.69) is 10.2 Å². The van der Waals surface area contributed by atoms with Gasteiger partial charge >= 0.3 is 0 Å². The second-order valence-corrected chi connectivity index (χ2v) is 5.41. The van der Waals surface area contributed by atoms with Gasteiger partial charge in [0.2, 0.25) is 0 Å². The van der Waals surface area contributed by atoms with Crippen LogP contribution in [-0.4, -0.2) is 53.8 Å². The molecular weight excluding hydrogens is 275 g/mol. The van der Waals surface area contributed by atoms with E-state index in [1.165, 1.54) is 6.07 Å². The van der Waals surface area contributed by atoms with Gasteiger partial charge in [0, 0.05) is 26.2 Å². The van der Waals surface area contributed by atoms with Gasteiger partial charge in [-0.05, 0) is 43.5 Å². The van der Waals surface area contributed by atoms with Crippen LogP contribution in [0.15, 0.2) is 18.2 Å². The van der Waals surface area contributed by atoms with Crippen molar-refractivity contribution >= 4 is 5.91 Å². The van der Waals surface area contributed by atoms with Crippen LogP contribution < -0.4 is 5.32 Å². The molecular formula is C15H21FN2O3. The molecule has 0 aliphatic carbocycles. The summed E-state index contributed by atoms with van der Waals surface area (Å²) < 4.78 is 13.5. The Kier molecular flexibility index (Phi) is 5.52. The first-order valence-corrected chi connectivity index (χ1v) is 7.20. The quantitative estimate of drug-likeness (QED) is 0.757. The van der Waals surface area contributed by atoms with E-state index in [9.17, 15) is 14.3 Å². The van der Waals surface area contributed by atoms with Crippen molar-refractivity contribution in [2.45, 2.75) is 12.8 Å². The average Bonchev–Trinajstić information content (AvgIpc) is 2.49. The number of aromatic hydroxyl groups is 1. The number of rotatable bonds is 5. The predicted molar refractivity (Wildman–Crippen MR) is 76.6 cm³/mol. The lowest BCUT2D eigenvalue weighted by Gasteiger charge is -2.31. The zero-order valence-electron chi connectivity index (χ0n) is 11.9. The van der Waals surface area contributed by atoms with Crippen molar-refractivity contribution in [3.63, 3.8) is 0 Å². The Labute approximate surface area is 123 Å². The number of hydrogen-bond acceptors (Lipinski definition) is 4. The minimum Gasteiger partial charge on any atom is -0.508 e. The number of hydrogen-bond donors (Lipinski definition) is 3. The highest BCUT2D eigenvalue weighted by atomic mass is 19.1. The Morgan fingerprint density at radius 3 is 3.05 bits per heavy atom. The Bertz CT molecular complexity index is 496. The molecule has 21 heavy (non-hydrogen) atoms. The predicted octanol–water partition coefficient (Wildman–Crippen LogP) is 0.965. The van der Waals surface area contributed by atoms with Gasteiger partial charge in [-0.15, -0.1) is 0 Å². The Morgan fingerprint density at radius 2 is 2.29 bits per heavy atom. The zero-order valence-corrected chi connectivity index (χ0v) is 11.9. The lowest BCUT2D eigenvalue weighted by molar-refractivity contribution is 0.0926. The Hall–Kier alpha value is -1.66. The molecule has 1 atom stereocenters. The number of nitrogens with one attached hydrogen (secondary N) is 1. The first-order chi connectivity index (χ1) is 10.1. The molecule has 1 amide bonds. The number of likely N-dealkylation sites (tertiary alicyclic amines) is 1. The van der Waals surface area contributed by atoms with E-state index in [1.54, 1.807) is 0 Å². The monoisotopic (exact) mass is 296 g/mol. The van der Waals surface area contributed by atoms with E-state index >= 15 is 0 Å². The minimum absolute atomic E-state index is 0.136. The molecule has 0 bridgehead atoms. The highest BCUT2D eigenvalue weighted by molar-refractivity contribution is 5.94. The Morgan fingerprint density at radius 1 is 1.48 bits per heavy atom. The topological polar surface area (TPSA) is 72.8 Å². The molecule has 1 aliphatic rings. The van der Waals surface area contributed by atoms with Crippen molar-refractivity contribution < 1.29 is 19.4 Å². The summed E-state index contributed by atoms with van der Waals surface area (Å²) in [4.78, 5) is 14.0. The zero-order chi connectivity index (χ0) is 15.2. The van der Waals surface area contributed by atoms with E-state index in [0.29, 0.717) is 19.0 Å². The third-order valence-corrected chi connectivity index (χ3v) is 3.77. The molecule has 0 saturated carbocycles. The summed E-state index contributed by atoms with van der Waals surface area (Å²) in [5.74, 6) is -1.01. The van der Waals surface area contributed by atoms with Crippen LogP contribution in [0.25, 0.3) is 0 Å². The van der Waals surface area contributed by atoms with Crippen LogP contribution >= 0.6 is 0 Å². The van der Waals surface area contributed by atoms with E-state index in [0.717, 1.165) is 38.1 Å². The number of carbonyl (C=O) groups excluding carboxylic acids is 1. The molecule has 6 heteroatoms. The summed E-state index contributed by atoms with van der Waals surface area (Å²) in [5.41, 5.74) is -0.151. The molecule has 0 radical (unpaired) electrons. The van der Waals surface area contributed by atoms with Crippen molar-refractivity contribution in [3.8, 4) is 5.75 Å². The van der Waals surface area contributed by atoms with Crippen molar-refractivity contribution in [2.75, 3.05) is 32.8 Å². The van der Waals surface area contributed by atoms with Gasteiger partial charge in [-0.3, -0.25) is 4.79 Å². The van der Waals surface area contributed by atoms with Gasteiger partial charge in [-0.2, -0.15) is 0 Å². The third kappa shape index (κ3) is 4.41. The SMILES string of the molecule is O=C(NCCN1CCC[C@H](CO)C1)c1cc(O)ccc1F. The number of carbonyl (C=O) groups is 1. The number of halogens is 1. The molecule has 1 aliphatic heterocycles. The van der Waals surface area contributed by atoms with E-state index in [4.69, 9.17) is 5.11 Å². The van der Waals surface area contributed by atoms with Crippen LogP contribution in [-0.2, 0) is 0 Å². The highest BCUT2D eigenvalue weighted by Gasteiger charge is 2.19. The fourth-order valence-electron chi connectivity index (χ4n) is 2.61. The summed E-state index contributed by atoms with van der Waals surface area (Å²) in [7, 11) is 0. The lowest BCUT2D eigenvalue weighted by atomic mass is 9.99. The van der Waals surface area contributed by atoms with Gasteiger partial charge in [0.05, 0.1) is 5.56 Å². The van der Waals surface area contributed by atoms with Crippen molar-refractivity contribution in [1.29, 1.82) is 0 Å². The largest absolute Gasteiger partial charge is 0.508 e. The second-order valence-electron chi connectivity index (χ2n) is 5.41. The molecule has 1 fully saturated rings. The molecule has 5 nitrogen and oxygen atoms in total. The van der Waals surface area contributed by atoms with Gasteiger partial charge < -0.3 is 20.4 Å². The number of aliphatic hydroxyl groups excluding tert-OH is 1. The standard InChI is InChI=1S/C15H21FN2O3/c16-14-4-3-12(20)8-13(14)15(21)17-5-7-18-6-1-2-11(9-18)10-19/h3-4,8,11,19-20H,1-2,5-7,9-10H2,(H,17,21)/t11-/m0/s1. The number of phenolic OH excluding ortho intramolecular Hbond substituents is 1. The summed E-state index contributed by atoms with van der Waals surface area (Å²) >= 11 is 0. The first kappa shape index (κ1) is 15.7. The summed E-state index contributed by atoms with van der Waals surface area (Å²) in [5, 5.41) is 21.1. The van der Waals surface area contributed by atoms with Gasteiger partial charge in [-0.25, -0.2) is 4.39 Å². The van der Waals surface area contributed by atoms with Crippen molar-refractivity contribution in [1.82, 2.24) is 10.2 Å². The minimum atomic E-state index is -0.649. The van der Waals surface area contributed by atoms with Crippen molar-refractivity contribution in [2.24, 2.45) is 5.92 Å². The maximum Gasteiger partial charge on any atom is 0.254 e. The number of piperidine rings is 1. The van der Waals surface area contributed by atoms with Crippen LogP contribution in [0.2, 0.25) is 0 Å². The van der Waals surface area contributed by atoms with Gasteiger partial charge in [-0.1, -0.05) is 0 Å². The average molecular weight is 296 g/mol. The number of benzene rings is 1. The molecule has 1 saturated heterocycles. The molecule has 1 aromatic rings. The number of phenols is 1. The van der Waals surface area contributed by atoms with Gasteiger partial charge in [0.1, 0.15) is 11.6 Å². The number of nitrogens with zero attached hydrogens (tertiary/aromatic N) is 1. The number of aliphatic hydroxyl groups is 1. The molecule has 3 N–H and O–H groups in total. The maximum atomic E-state index is 13.5. The fourth-order valence-corrected chi connectivity index (χ4v) is 2.61. The summed E-state index contributed by atoms with van der Waals surface area (Å²) in [6.07, 6.45) is 2.08. The molecule has 0 unspecified atom stereocenters. The smallest absolute Gasteiger partial charge is 0.254 e. The first-order valence-electron chi connectivity index (χ1n) is 7.20. The summed E-state index contributed by atoms with van der Waals surface area (Å²) in [6.45, 7) is 3.05. The fraction of sp³-hybridized carbons (Fsp3) is 0.533. The maximum absolute atomic E-state index is 13.5.